The maximum absolute atomic E-state index is 12.4. The molecule has 0 aliphatic carbocycles. The van der Waals surface area contributed by atoms with E-state index in [0.717, 1.165) is 10.5 Å². The third-order valence-corrected chi connectivity index (χ3v) is 7.04. The van der Waals surface area contributed by atoms with E-state index in [9.17, 15) is 22.8 Å². The molecule has 1 atom stereocenters. The third-order valence-electron chi connectivity index (χ3n) is 4.15. The first-order valence-electron chi connectivity index (χ1n) is 8.41. The van der Waals surface area contributed by atoms with Gasteiger partial charge < -0.3 is 5.32 Å². The predicted octanol–water partition coefficient (Wildman–Crippen LogP) is 2.15. The standard InChI is InChI=1S/C18H17ClN2O5S2/c19-13(8-12-4-2-1-3-5-12)9-15-17(23)21(18(24)27-15)10-16(22)20-14-6-7-28(25,26)11-14/h1-5,8-9,14H,6-7,10-11H2,(H,20,22). The first kappa shape index (κ1) is 20.6. The molecule has 2 heterocycles. The van der Waals surface area contributed by atoms with Crippen LogP contribution in [-0.2, 0) is 19.4 Å². The van der Waals surface area contributed by atoms with Crippen LogP contribution in [0.5, 0.6) is 0 Å². The lowest BCUT2D eigenvalue weighted by Crippen LogP contribution is -2.44. The SMILES string of the molecule is O=C(CN1C(=O)SC(=CC(Cl)=Cc2ccccc2)C1=O)NC1CCS(=O)(=O)C1. The van der Waals surface area contributed by atoms with Crippen LogP contribution in [0.25, 0.3) is 6.08 Å². The molecule has 3 amide bonds. The fourth-order valence-corrected chi connectivity index (χ4v) is 5.64. The molecule has 148 valence electrons. The maximum Gasteiger partial charge on any atom is 0.294 e. The number of benzene rings is 1. The van der Waals surface area contributed by atoms with Gasteiger partial charge >= 0.3 is 0 Å². The van der Waals surface area contributed by atoms with Crippen LogP contribution in [0.2, 0.25) is 0 Å². The Morgan fingerprint density at radius 2 is 2.00 bits per heavy atom. The number of halogens is 1. The molecule has 7 nitrogen and oxygen atoms in total. The molecule has 28 heavy (non-hydrogen) atoms. The molecule has 0 radical (unpaired) electrons. The molecular weight excluding hydrogens is 424 g/mol. The Morgan fingerprint density at radius 1 is 1.29 bits per heavy atom. The number of hydrogen-bond donors (Lipinski definition) is 1. The van der Waals surface area contributed by atoms with Gasteiger partial charge in [-0.05, 0) is 35.9 Å². The number of hydrogen-bond acceptors (Lipinski definition) is 6. The second kappa shape index (κ2) is 8.50. The van der Waals surface area contributed by atoms with Gasteiger partial charge in [-0.3, -0.25) is 19.3 Å². The van der Waals surface area contributed by atoms with E-state index in [-0.39, 0.29) is 21.4 Å². The van der Waals surface area contributed by atoms with Gasteiger partial charge in [0.15, 0.2) is 9.84 Å². The van der Waals surface area contributed by atoms with Crippen LogP contribution >= 0.6 is 23.4 Å². The Balaban J connectivity index is 1.63. The summed E-state index contributed by atoms with van der Waals surface area (Å²) in [6, 6.07) is 8.75. The van der Waals surface area contributed by atoms with Crippen LogP contribution in [0, 0.1) is 0 Å². The van der Waals surface area contributed by atoms with Crippen molar-refractivity contribution in [1.82, 2.24) is 10.2 Å². The van der Waals surface area contributed by atoms with Crippen molar-refractivity contribution in [2.45, 2.75) is 12.5 Å². The summed E-state index contributed by atoms with van der Waals surface area (Å²) in [7, 11) is -3.13. The van der Waals surface area contributed by atoms with Gasteiger partial charge in [0.1, 0.15) is 6.54 Å². The van der Waals surface area contributed by atoms with E-state index in [1.807, 2.05) is 30.3 Å². The van der Waals surface area contributed by atoms with Crippen LogP contribution in [0.3, 0.4) is 0 Å². The molecule has 1 aromatic carbocycles. The molecule has 2 saturated heterocycles. The molecule has 10 heteroatoms. The molecule has 0 saturated carbocycles. The summed E-state index contributed by atoms with van der Waals surface area (Å²) in [5.41, 5.74) is 0.842. The van der Waals surface area contributed by atoms with Crippen molar-refractivity contribution < 1.29 is 22.8 Å². The summed E-state index contributed by atoms with van der Waals surface area (Å²) in [5, 5.41) is 2.26. The lowest BCUT2D eigenvalue weighted by Gasteiger charge is -2.15. The fraction of sp³-hybridized carbons (Fsp3) is 0.278. The molecule has 2 aliphatic heterocycles. The van der Waals surface area contributed by atoms with Crippen molar-refractivity contribution >= 4 is 56.3 Å². The average molecular weight is 441 g/mol. The number of thioether (sulfide) groups is 1. The van der Waals surface area contributed by atoms with E-state index in [1.54, 1.807) is 6.08 Å². The summed E-state index contributed by atoms with van der Waals surface area (Å²) in [6.45, 7) is -0.460. The van der Waals surface area contributed by atoms with E-state index in [0.29, 0.717) is 18.2 Å². The van der Waals surface area contributed by atoms with Crippen molar-refractivity contribution in [3.05, 3.63) is 51.9 Å². The molecule has 1 aromatic rings. The Kier molecular flexibility index (Phi) is 6.26. The van der Waals surface area contributed by atoms with Gasteiger partial charge in [0.05, 0.1) is 16.4 Å². The Labute approximate surface area is 171 Å². The van der Waals surface area contributed by atoms with Crippen LogP contribution in [0.15, 0.2) is 46.3 Å². The highest BCUT2D eigenvalue weighted by atomic mass is 35.5. The van der Waals surface area contributed by atoms with Crippen LogP contribution in [-0.4, -0.2) is 54.5 Å². The largest absolute Gasteiger partial charge is 0.351 e. The minimum Gasteiger partial charge on any atom is -0.351 e. The smallest absolute Gasteiger partial charge is 0.294 e. The number of nitrogens with zero attached hydrogens (tertiary/aromatic N) is 1. The highest BCUT2D eigenvalue weighted by Crippen LogP contribution is 2.32. The summed E-state index contributed by atoms with van der Waals surface area (Å²) >= 11 is 6.86. The third kappa shape index (κ3) is 5.24. The predicted molar refractivity (Wildman–Crippen MR) is 108 cm³/mol. The van der Waals surface area contributed by atoms with Crippen molar-refractivity contribution in [2.24, 2.45) is 0 Å². The lowest BCUT2D eigenvalue weighted by molar-refractivity contribution is -0.129. The molecule has 0 bridgehead atoms. The van der Waals surface area contributed by atoms with Gasteiger partial charge in [-0.1, -0.05) is 41.9 Å². The zero-order valence-corrected chi connectivity index (χ0v) is 17.0. The zero-order chi connectivity index (χ0) is 20.3. The second-order valence-corrected chi connectivity index (χ2v) is 10.0. The van der Waals surface area contributed by atoms with Crippen molar-refractivity contribution in [3.63, 3.8) is 0 Å². The number of amides is 3. The number of sulfone groups is 1. The number of rotatable bonds is 5. The molecule has 3 rings (SSSR count). The van der Waals surface area contributed by atoms with Gasteiger partial charge in [-0.25, -0.2) is 8.42 Å². The Hall–Kier alpha value is -2.10. The van der Waals surface area contributed by atoms with E-state index >= 15 is 0 Å². The van der Waals surface area contributed by atoms with Crippen molar-refractivity contribution in [3.8, 4) is 0 Å². The number of imide groups is 1. The molecule has 2 fully saturated rings. The van der Waals surface area contributed by atoms with E-state index in [1.165, 1.54) is 6.08 Å². The quantitative estimate of drug-likeness (QED) is 0.704. The van der Waals surface area contributed by atoms with Crippen molar-refractivity contribution in [1.29, 1.82) is 0 Å². The fourth-order valence-electron chi connectivity index (χ4n) is 2.84. The van der Waals surface area contributed by atoms with Gasteiger partial charge in [-0.2, -0.15) is 0 Å². The van der Waals surface area contributed by atoms with E-state index in [2.05, 4.69) is 5.32 Å². The normalized spacial score (nSPS) is 23.5. The summed E-state index contributed by atoms with van der Waals surface area (Å²) in [5.74, 6) is -1.28. The molecule has 2 aliphatic rings. The maximum atomic E-state index is 12.4. The zero-order valence-electron chi connectivity index (χ0n) is 14.6. The summed E-state index contributed by atoms with van der Waals surface area (Å²) < 4.78 is 22.9. The van der Waals surface area contributed by atoms with Crippen molar-refractivity contribution in [2.75, 3.05) is 18.1 Å². The van der Waals surface area contributed by atoms with Crippen LogP contribution in [0.1, 0.15) is 12.0 Å². The summed E-state index contributed by atoms with van der Waals surface area (Å²) in [6.07, 6.45) is 3.37. The molecule has 0 aromatic heterocycles. The summed E-state index contributed by atoms with van der Waals surface area (Å²) in [4.78, 5) is 37.6. The Bertz CT molecular complexity index is 973. The van der Waals surface area contributed by atoms with Gasteiger partial charge in [0.25, 0.3) is 11.1 Å². The number of allylic oxidation sites excluding steroid dienone is 2. The molecule has 1 unspecified atom stereocenters. The number of carbonyl (C=O) groups is 3. The second-order valence-electron chi connectivity index (χ2n) is 6.38. The van der Waals surface area contributed by atoms with Gasteiger partial charge in [-0.15, -0.1) is 0 Å². The van der Waals surface area contributed by atoms with E-state index < -0.39 is 39.5 Å². The number of nitrogens with one attached hydrogen (secondary N) is 1. The monoisotopic (exact) mass is 440 g/mol. The highest BCUT2D eigenvalue weighted by molar-refractivity contribution is 8.18. The topological polar surface area (TPSA) is 101 Å². The molecule has 0 spiro atoms. The van der Waals surface area contributed by atoms with Gasteiger partial charge in [0.2, 0.25) is 5.91 Å². The van der Waals surface area contributed by atoms with E-state index in [4.69, 9.17) is 11.6 Å². The molecular formula is C18H17ClN2O5S2. The van der Waals surface area contributed by atoms with Crippen LogP contribution in [0.4, 0.5) is 4.79 Å². The first-order chi connectivity index (χ1) is 13.2. The minimum absolute atomic E-state index is 0.0223. The van der Waals surface area contributed by atoms with Crippen LogP contribution < -0.4 is 5.32 Å². The molecule has 1 N–H and O–H groups in total. The first-order valence-corrected chi connectivity index (χ1v) is 11.4. The average Bonchev–Trinajstić information content (AvgIpc) is 3.09. The lowest BCUT2D eigenvalue weighted by atomic mass is 10.2. The van der Waals surface area contributed by atoms with Gasteiger partial charge in [0, 0.05) is 11.1 Å². The Morgan fingerprint density at radius 3 is 2.64 bits per heavy atom. The minimum atomic E-state index is -3.13. The highest BCUT2D eigenvalue weighted by Gasteiger charge is 2.37. The number of carbonyl (C=O) groups excluding carboxylic acids is 3.